The molecule has 6 heteroatoms. The second-order valence-electron chi connectivity index (χ2n) is 6.32. The number of nitrogens with one attached hydrogen (secondary N) is 2. The van der Waals surface area contributed by atoms with Gasteiger partial charge in [0.2, 0.25) is 0 Å². The summed E-state index contributed by atoms with van der Waals surface area (Å²) in [4.78, 5) is 22.8. The molecule has 6 nitrogen and oxygen atoms in total. The third-order valence-corrected chi connectivity index (χ3v) is 4.03. The number of carbonyl (C=O) groups is 1. The first-order valence-corrected chi connectivity index (χ1v) is 7.09. The summed E-state index contributed by atoms with van der Waals surface area (Å²) in [7, 11) is 1.61. The molecule has 1 unspecified atom stereocenters. The summed E-state index contributed by atoms with van der Waals surface area (Å²) < 4.78 is 0. The van der Waals surface area contributed by atoms with Crippen LogP contribution in [0, 0.1) is 15.5 Å². The van der Waals surface area contributed by atoms with Gasteiger partial charge in [0.25, 0.3) is 11.6 Å². The molecule has 0 saturated heterocycles. The molecule has 1 amide bonds. The Morgan fingerprint density at radius 1 is 1.43 bits per heavy atom. The SMILES string of the molecule is CNc1ccc(C(=O)NC2CCC(C)(C)C2)cc1[N+](=O)[O-]. The number of anilines is 1. The van der Waals surface area contributed by atoms with Crippen molar-refractivity contribution in [2.24, 2.45) is 5.41 Å². The smallest absolute Gasteiger partial charge is 0.293 e. The topological polar surface area (TPSA) is 84.3 Å². The van der Waals surface area contributed by atoms with Crippen LogP contribution in [0.1, 0.15) is 43.5 Å². The van der Waals surface area contributed by atoms with Crippen LogP contribution in [0.2, 0.25) is 0 Å². The summed E-state index contributed by atoms with van der Waals surface area (Å²) in [5.41, 5.74) is 0.890. The van der Waals surface area contributed by atoms with E-state index in [2.05, 4.69) is 24.5 Å². The van der Waals surface area contributed by atoms with Gasteiger partial charge in [-0.15, -0.1) is 0 Å². The van der Waals surface area contributed by atoms with Gasteiger partial charge in [-0.3, -0.25) is 14.9 Å². The number of nitro benzene ring substituents is 1. The summed E-state index contributed by atoms with van der Waals surface area (Å²) in [6.45, 7) is 4.37. The molecule has 0 spiro atoms. The fourth-order valence-electron chi connectivity index (χ4n) is 2.86. The normalized spacial score (nSPS) is 20.0. The number of benzene rings is 1. The summed E-state index contributed by atoms with van der Waals surface area (Å²) >= 11 is 0. The van der Waals surface area contributed by atoms with E-state index >= 15 is 0 Å². The molecule has 0 bridgehead atoms. The van der Waals surface area contributed by atoms with E-state index in [1.807, 2.05) is 0 Å². The van der Waals surface area contributed by atoms with Gasteiger partial charge in [0.05, 0.1) is 4.92 Å². The molecular formula is C15H21N3O3. The van der Waals surface area contributed by atoms with Crippen molar-refractivity contribution >= 4 is 17.3 Å². The second-order valence-corrected chi connectivity index (χ2v) is 6.32. The molecule has 1 aromatic rings. The van der Waals surface area contributed by atoms with E-state index in [-0.39, 0.29) is 23.1 Å². The maximum absolute atomic E-state index is 12.2. The number of nitrogens with zero attached hydrogens (tertiary/aromatic N) is 1. The maximum Gasteiger partial charge on any atom is 0.293 e. The molecule has 1 aliphatic carbocycles. The molecule has 1 atom stereocenters. The number of amides is 1. The molecule has 21 heavy (non-hydrogen) atoms. The number of rotatable bonds is 4. The van der Waals surface area contributed by atoms with Crippen molar-refractivity contribution in [3.63, 3.8) is 0 Å². The Morgan fingerprint density at radius 2 is 2.14 bits per heavy atom. The fourth-order valence-corrected chi connectivity index (χ4v) is 2.86. The lowest BCUT2D eigenvalue weighted by molar-refractivity contribution is -0.384. The average molecular weight is 291 g/mol. The van der Waals surface area contributed by atoms with Crippen molar-refractivity contribution in [2.75, 3.05) is 12.4 Å². The van der Waals surface area contributed by atoms with Gasteiger partial charge in [0.15, 0.2) is 0 Å². The van der Waals surface area contributed by atoms with Gasteiger partial charge in [-0.1, -0.05) is 13.8 Å². The van der Waals surface area contributed by atoms with E-state index in [1.165, 1.54) is 6.07 Å². The highest BCUT2D eigenvalue weighted by molar-refractivity contribution is 5.95. The molecule has 114 valence electrons. The van der Waals surface area contributed by atoms with Gasteiger partial charge in [0.1, 0.15) is 5.69 Å². The first-order chi connectivity index (χ1) is 9.82. The summed E-state index contributed by atoms with van der Waals surface area (Å²) in [6, 6.07) is 4.64. The number of hydrogen-bond acceptors (Lipinski definition) is 4. The second kappa shape index (κ2) is 5.71. The molecule has 2 N–H and O–H groups in total. The van der Waals surface area contributed by atoms with Crippen LogP contribution in [-0.4, -0.2) is 23.9 Å². The third-order valence-electron chi connectivity index (χ3n) is 4.03. The quantitative estimate of drug-likeness (QED) is 0.660. The van der Waals surface area contributed by atoms with E-state index in [4.69, 9.17) is 0 Å². The highest BCUT2D eigenvalue weighted by Gasteiger charge is 2.32. The molecule has 1 fully saturated rings. The minimum atomic E-state index is -0.485. The third kappa shape index (κ3) is 3.51. The van der Waals surface area contributed by atoms with E-state index < -0.39 is 4.92 Å². The monoisotopic (exact) mass is 291 g/mol. The van der Waals surface area contributed by atoms with Crippen LogP contribution in [0.3, 0.4) is 0 Å². The Kier molecular flexibility index (Phi) is 4.16. The Labute approximate surface area is 124 Å². The molecule has 1 aliphatic rings. The minimum Gasteiger partial charge on any atom is -0.383 e. The molecule has 0 radical (unpaired) electrons. The maximum atomic E-state index is 12.2. The van der Waals surface area contributed by atoms with Gasteiger partial charge in [-0.05, 0) is 36.8 Å². The van der Waals surface area contributed by atoms with Crippen LogP contribution in [0.5, 0.6) is 0 Å². The largest absolute Gasteiger partial charge is 0.383 e. The predicted molar refractivity (Wildman–Crippen MR) is 81.5 cm³/mol. The van der Waals surface area contributed by atoms with Crippen LogP contribution in [0.25, 0.3) is 0 Å². The Balaban J connectivity index is 2.13. The highest BCUT2D eigenvalue weighted by Crippen LogP contribution is 2.37. The first kappa shape index (κ1) is 15.3. The van der Waals surface area contributed by atoms with E-state index in [0.717, 1.165) is 19.3 Å². The van der Waals surface area contributed by atoms with Crippen molar-refractivity contribution in [1.82, 2.24) is 5.32 Å². The van der Waals surface area contributed by atoms with Gasteiger partial charge in [-0.2, -0.15) is 0 Å². The summed E-state index contributed by atoms with van der Waals surface area (Å²) in [5.74, 6) is -0.247. The molecule has 0 aromatic heterocycles. The van der Waals surface area contributed by atoms with Crippen LogP contribution in [0.15, 0.2) is 18.2 Å². The Hall–Kier alpha value is -2.11. The standard InChI is InChI=1S/C15H21N3O3/c1-15(2)7-6-11(9-15)17-14(19)10-4-5-12(16-3)13(8-10)18(20)21/h4-5,8,11,16H,6-7,9H2,1-3H3,(H,17,19). The van der Waals surface area contributed by atoms with Crippen molar-refractivity contribution in [2.45, 2.75) is 39.2 Å². The zero-order valence-electron chi connectivity index (χ0n) is 12.6. The zero-order valence-corrected chi connectivity index (χ0v) is 12.6. The molecule has 0 aliphatic heterocycles. The molecular weight excluding hydrogens is 270 g/mol. The van der Waals surface area contributed by atoms with E-state index in [0.29, 0.717) is 11.3 Å². The lowest BCUT2D eigenvalue weighted by atomic mass is 9.92. The van der Waals surface area contributed by atoms with Crippen molar-refractivity contribution in [1.29, 1.82) is 0 Å². The number of hydrogen-bond donors (Lipinski definition) is 2. The van der Waals surface area contributed by atoms with Crippen LogP contribution < -0.4 is 10.6 Å². The minimum absolute atomic E-state index is 0.0862. The fraction of sp³-hybridized carbons (Fsp3) is 0.533. The molecule has 0 heterocycles. The van der Waals surface area contributed by atoms with Gasteiger partial charge in [0, 0.05) is 24.7 Å². The first-order valence-electron chi connectivity index (χ1n) is 7.09. The molecule has 1 aromatic carbocycles. The molecule has 1 saturated carbocycles. The van der Waals surface area contributed by atoms with Crippen LogP contribution >= 0.6 is 0 Å². The Morgan fingerprint density at radius 3 is 2.67 bits per heavy atom. The van der Waals surface area contributed by atoms with Gasteiger partial charge in [-0.25, -0.2) is 0 Å². The number of carbonyl (C=O) groups excluding carboxylic acids is 1. The predicted octanol–water partition coefficient (Wildman–Crippen LogP) is 2.95. The van der Waals surface area contributed by atoms with Crippen LogP contribution in [0.4, 0.5) is 11.4 Å². The average Bonchev–Trinajstić information content (AvgIpc) is 2.76. The summed E-state index contributed by atoms with van der Waals surface area (Å²) in [6.07, 6.45) is 2.97. The van der Waals surface area contributed by atoms with Crippen molar-refractivity contribution < 1.29 is 9.72 Å². The van der Waals surface area contributed by atoms with Gasteiger partial charge < -0.3 is 10.6 Å². The van der Waals surface area contributed by atoms with E-state index in [1.54, 1.807) is 19.2 Å². The molecule has 2 rings (SSSR count). The number of nitro groups is 1. The lowest BCUT2D eigenvalue weighted by Gasteiger charge is -2.18. The van der Waals surface area contributed by atoms with Crippen LogP contribution in [-0.2, 0) is 0 Å². The van der Waals surface area contributed by atoms with Crippen molar-refractivity contribution in [3.8, 4) is 0 Å². The van der Waals surface area contributed by atoms with E-state index in [9.17, 15) is 14.9 Å². The zero-order chi connectivity index (χ0) is 15.6. The Bertz CT molecular complexity index is 569. The lowest BCUT2D eigenvalue weighted by Crippen LogP contribution is -2.33. The van der Waals surface area contributed by atoms with Gasteiger partial charge >= 0.3 is 0 Å². The highest BCUT2D eigenvalue weighted by atomic mass is 16.6. The van der Waals surface area contributed by atoms with Crippen molar-refractivity contribution in [3.05, 3.63) is 33.9 Å². The summed E-state index contributed by atoms with van der Waals surface area (Å²) in [5, 5.41) is 16.7.